The predicted molar refractivity (Wildman–Crippen MR) is 121 cm³/mol. The van der Waals surface area contributed by atoms with Gasteiger partial charge >= 0.3 is 0 Å². The number of fused-ring (bicyclic) bond motifs is 2. The molecule has 2 aromatic carbocycles. The van der Waals surface area contributed by atoms with Gasteiger partial charge in [0.2, 0.25) is 5.43 Å². The number of nitrogens with one attached hydrogen (secondary N) is 1. The largest absolute Gasteiger partial charge is 0.503 e. The monoisotopic (exact) mass is 483 g/mol. The van der Waals surface area contributed by atoms with Gasteiger partial charge in [0.05, 0.1) is 18.0 Å². The lowest BCUT2D eigenvalue weighted by Gasteiger charge is -2.35. The Morgan fingerprint density at radius 1 is 1.15 bits per heavy atom. The topological polar surface area (TPSA) is 91.6 Å². The summed E-state index contributed by atoms with van der Waals surface area (Å²) in [7, 11) is 0. The highest BCUT2D eigenvalue weighted by Gasteiger charge is 2.44. The third kappa shape index (κ3) is 3.73. The molecule has 2 atom stereocenters. The van der Waals surface area contributed by atoms with Crippen molar-refractivity contribution in [2.45, 2.75) is 24.5 Å². The van der Waals surface area contributed by atoms with Crippen LogP contribution in [0.2, 0.25) is 0 Å². The lowest BCUT2D eigenvalue weighted by molar-refractivity contribution is 0.0618. The van der Waals surface area contributed by atoms with E-state index in [-0.39, 0.29) is 41.3 Å². The van der Waals surface area contributed by atoms with Crippen molar-refractivity contribution in [2.75, 3.05) is 5.75 Å². The number of carbonyl (C=O) groups excluding carboxylic acids is 2. The van der Waals surface area contributed by atoms with Crippen molar-refractivity contribution in [1.82, 2.24) is 14.8 Å². The summed E-state index contributed by atoms with van der Waals surface area (Å²) in [5.74, 6) is -3.03. The summed E-state index contributed by atoms with van der Waals surface area (Å²) in [5.41, 5.74) is -0.515. The number of hydrogen-bond acceptors (Lipinski definition) is 5. The molecule has 2 amide bonds. The van der Waals surface area contributed by atoms with Crippen LogP contribution in [0.5, 0.6) is 5.75 Å². The van der Waals surface area contributed by atoms with E-state index in [4.69, 9.17) is 0 Å². The second-order valence-electron chi connectivity index (χ2n) is 8.07. The number of rotatable bonds is 4. The molecule has 174 valence electrons. The van der Waals surface area contributed by atoms with Crippen LogP contribution >= 0.6 is 11.8 Å². The number of carbonyl (C=O) groups is 2. The van der Waals surface area contributed by atoms with Crippen molar-refractivity contribution >= 4 is 23.6 Å². The van der Waals surface area contributed by atoms with Crippen molar-refractivity contribution in [1.29, 1.82) is 0 Å². The van der Waals surface area contributed by atoms with E-state index in [2.05, 4.69) is 5.32 Å². The highest BCUT2D eigenvalue weighted by molar-refractivity contribution is 8.00. The fraction of sp³-hybridized carbons (Fsp3) is 0.208. The van der Waals surface area contributed by atoms with Gasteiger partial charge in [-0.05, 0) is 11.6 Å². The van der Waals surface area contributed by atoms with E-state index in [0.29, 0.717) is 11.8 Å². The van der Waals surface area contributed by atoms with Crippen LogP contribution in [-0.4, -0.2) is 37.5 Å². The Labute approximate surface area is 197 Å². The second kappa shape index (κ2) is 8.60. The molecular weight excluding hydrogens is 464 g/mol. The normalized spacial score (nSPS) is 19.0. The molecular formula is C24H19F2N3O4S. The maximum atomic E-state index is 13.9. The average molecular weight is 483 g/mol. The summed E-state index contributed by atoms with van der Waals surface area (Å²) in [5, 5.41) is 12.8. The van der Waals surface area contributed by atoms with E-state index in [0.717, 1.165) is 11.6 Å². The summed E-state index contributed by atoms with van der Waals surface area (Å²) in [6.45, 7) is 0.00657. The van der Waals surface area contributed by atoms with Gasteiger partial charge in [-0.3, -0.25) is 14.4 Å². The lowest BCUT2D eigenvalue weighted by atomic mass is 10.0. The smallest absolute Gasteiger partial charge is 0.276 e. The van der Waals surface area contributed by atoms with Crippen molar-refractivity contribution < 1.29 is 23.5 Å². The molecule has 0 spiro atoms. The quantitative estimate of drug-likeness (QED) is 0.595. The van der Waals surface area contributed by atoms with Gasteiger partial charge in [-0.25, -0.2) is 8.78 Å². The van der Waals surface area contributed by atoms with E-state index in [9.17, 15) is 28.3 Å². The number of aromatic hydroxyl groups is 1. The first-order valence-electron chi connectivity index (χ1n) is 10.5. The number of nitrogens with zero attached hydrogens (tertiary/aromatic N) is 2. The molecule has 7 nitrogen and oxygen atoms in total. The molecule has 0 bridgehead atoms. The molecule has 1 fully saturated rings. The minimum Gasteiger partial charge on any atom is -0.503 e. The number of benzene rings is 2. The van der Waals surface area contributed by atoms with Gasteiger partial charge in [0.15, 0.2) is 11.4 Å². The van der Waals surface area contributed by atoms with Gasteiger partial charge in [-0.15, -0.1) is 11.8 Å². The number of aromatic nitrogens is 1. The molecule has 1 aromatic heterocycles. The summed E-state index contributed by atoms with van der Waals surface area (Å²) >= 11 is 1.58. The highest BCUT2D eigenvalue weighted by atomic mass is 32.2. The van der Waals surface area contributed by atoms with Crippen LogP contribution in [0.15, 0.2) is 59.5 Å². The van der Waals surface area contributed by atoms with Crippen LogP contribution in [0.25, 0.3) is 0 Å². The number of halogens is 2. The fourth-order valence-corrected chi connectivity index (χ4v) is 5.74. The van der Waals surface area contributed by atoms with E-state index in [1.54, 1.807) is 16.7 Å². The molecule has 1 saturated heterocycles. The summed E-state index contributed by atoms with van der Waals surface area (Å²) in [6.07, 6.45) is 1.25. The van der Waals surface area contributed by atoms with Gasteiger partial charge in [-0.1, -0.05) is 36.4 Å². The van der Waals surface area contributed by atoms with Crippen molar-refractivity contribution in [2.24, 2.45) is 0 Å². The fourth-order valence-electron chi connectivity index (χ4n) is 4.31. The van der Waals surface area contributed by atoms with Gasteiger partial charge in [0.1, 0.15) is 17.2 Å². The molecule has 2 aliphatic heterocycles. The number of amides is 2. The Morgan fingerprint density at radius 3 is 2.65 bits per heavy atom. The molecule has 34 heavy (non-hydrogen) atoms. The van der Waals surface area contributed by atoms with Crippen LogP contribution in [-0.2, 0) is 13.1 Å². The number of pyridine rings is 1. The molecule has 5 rings (SSSR count). The third-order valence-corrected chi connectivity index (χ3v) is 7.29. The summed E-state index contributed by atoms with van der Waals surface area (Å²) in [6, 6.07) is 12.3. The average Bonchev–Trinajstić information content (AvgIpc) is 3.25. The van der Waals surface area contributed by atoms with Crippen LogP contribution < -0.4 is 10.7 Å². The third-order valence-electron chi connectivity index (χ3n) is 6.02. The predicted octanol–water partition coefficient (Wildman–Crippen LogP) is 3.03. The number of hydrogen-bond donors (Lipinski definition) is 2. The van der Waals surface area contributed by atoms with Gasteiger partial charge in [0, 0.05) is 30.1 Å². The summed E-state index contributed by atoms with van der Waals surface area (Å²) < 4.78 is 28.4. The van der Waals surface area contributed by atoms with Gasteiger partial charge in [-0.2, -0.15) is 0 Å². The zero-order valence-electron chi connectivity index (χ0n) is 17.7. The zero-order valence-corrected chi connectivity index (χ0v) is 18.5. The molecule has 0 aliphatic carbocycles. The maximum Gasteiger partial charge on any atom is 0.276 e. The van der Waals surface area contributed by atoms with Crippen molar-refractivity contribution in [3.05, 3.63) is 99.0 Å². The van der Waals surface area contributed by atoms with Crippen LogP contribution in [0, 0.1) is 11.6 Å². The number of thioether (sulfide) groups is 1. The molecule has 1 unspecified atom stereocenters. The minimum absolute atomic E-state index is 0.0390. The van der Waals surface area contributed by atoms with Gasteiger partial charge in [0.25, 0.3) is 11.8 Å². The summed E-state index contributed by atoms with van der Waals surface area (Å²) in [4.78, 5) is 40.4. The van der Waals surface area contributed by atoms with Crippen LogP contribution in [0.3, 0.4) is 0 Å². The Hall–Kier alpha value is -3.66. The molecule has 0 radical (unpaired) electrons. The highest BCUT2D eigenvalue weighted by Crippen LogP contribution is 2.43. The Kier molecular flexibility index (Phi) is 5.60. The first-order chi connectivity index (χ1) is 16.3. The Bertz CT molecular complexity index is 1360. The zero-order chi connectivity index (χ0) is 24.0. The van der Waals surface area contributed by atoms with Crippen molar-refractivity contribution in [3.8, 4) is 5.75 Å². The Morgan fingerprint density at radius 2 is 1.91 bits per heavy atom. The van der Waals surface area contributed by atoms with Crippen LogP contribution in [0.4, 0.5) is 8.78 Å². The molecule has 3 heterocycles. The minimum atomic E-state index is -0.988. The SMILES string of the molecule is O=C(NCc1ccc(F)cc1F)c1cn2c(c(O)c1=O)C(=O)N1C(C2)SC[C@@H]1c1ccccc1. The van der Waals surface area contributed by atoms with Crippen LogP contribution in [0.1, 0.15) is 38.0 Å². The molecule has 0 saturated carbocycles. The van der Waals surface area contributed by atoms with E-state index < -0.39 is 34.6 Å². The van der Waals surface area contributed by atoms with Crippen molar-refractivity contribution in [3.63, 3.8) is 0 Å². The second-order valence-corrected chi connectivity index (χ2v) is 9.28. The molecule has 10 heteroatoms. The molecule has 2 aliphatic rings. The molecule has 2 N–H and O–H groups in total. The van der Waals surface area contributed by atoms with Gasteiger partial charge < -0.3 is 19.9 Å². The maximum absolute atomic E-state index is 13.9. The first-order valence-corrected chi connectivity index (χ1v) is 11.6. The Balaban J connectivity index is 1.43. The standard InChI is InChI=1S/C24H19F2N3O4S/c25-15-7-6-14(17(26)8-15)9-27-23(32)16-10-28-11-19-29(24(33)20(28)22(31)21(16)30)18(12-34-19)13-4-2-1-3-5-13/h1-8,10,18-19,31H,9,11-12H2,(H,27,32)/t18-,19?/m1/s1. The first kappa shape index (κ1) is 22.1. The van der Waals surface area contributed by atoms with E-state index in [1.165, 1.54) is 16.8 Å². The van der Waals surface area contributed by atoms with E-state index >= 15 is 0 Å². The van der Waals surface area contributed by atoms with E-state index in [1.807, 2.05) is 30.3 Å². The molecule has 3 aromatic rings. The lowest BCUT2D eigenvalue weighted by Crippen LogP contribution is -2.46.